The van der Waals surface area contributed by atoms with Crippen LogP contribution in [0.25, 0.3) is 28.1 Å². The van der Waals surface area contributed by atoms with Crippen LogP contribution >= 0.6 is 0 Å². The van der Waals surface area contributed by atoms with Gasteiger partial charge in [0.1, 0.15) is 5.82 Å². The van der Waals surface area contributed by atoms with E-state index < -0.39 is 0 Å². The average Bonchev–Trinajstić information content (AvgIpc) is 3.29. The zero-order valence-electron chi connectivity index (χ0n) is 26.0. The summed E-state index contributed by atoms with van der Waals surface area (Å²) in [5.74, 6) is 4.11. The van der Waals surface area contributed by atoms with Gasteiger partial charge in [-0.2, -0.15) is 0 Å². The van der Waals surface area contributed by atoms with E-state index in [0.717, 1.165) is 24.6 Å². The van der Waals surface area contributed by atoms with Crippen molar-refractivity contribution in [1.82, 2.24) is 9.55 Å². The Morgan fingerprint density at radius 1 is 0.949 bits per heavy atom. The molecule has 208 valence electrons. The summed E-state index contributed by atoms with van der Waals surface area (Å²) in [6, 6.07) is 12.3. The van der Waals surface area contributed by atoms with E-state index in [4.69, 9.17) is 4.98 Å². The normalized spacial score (nSPS) is 20.6. The first-order chi connectivity index (χ1) is 18.6. The number of allylic oxidation sites excluding steroid dienone is 4. The van der Waals surface area contributed by atoms with E-state index >= 15 is 0 Å². The maximum absolute atomic E-state index is 5.55. The number of fused-ring (bicyclic) bond motifs is 3. The van der Waals surface area contributed by atoms with Crippen molar-refractivity contribution in [3.05, 3.63) is 69.8 Å². The van der Waals surface area contributed by atoms with Crippen molar-refractivity contribution < 1.29 is 0 Å². The molecule has 1 saturated carbocycles. The van der Waals surface area contributed by atoms with Crippen molar-refractivity contribution in [3.8, 4) is 11.4 Å². The van der Waals surface area contributed by atoms with Gasteiger partial charge in [0.2, 0.25) is 0 Å². The van der Waals surface area contributed by atoms with Crippen LogP contribution in [0.2, 0.25) is 0 Å². The summed E-state index contributed by atoms with van der Waals surface area (Å²) >= 11 is 0. The maximum atomic E-state index is 5.55. The lowest BCUT2D eigenvalue weighted by molar-refractivity contribution is 0.359. The third-order valence-corrected chi connectivity index (χ3v) is 9.88. The van der Waals surface area contributed by atoms with E-state index in [1.807, 2.05) is 0 Å². The molecule has 1 unspecified atom stereocenters. The van der Waals surface area contributed by atoms with E-state index in [0.29, 0.717) is 23.7 Å². The smallest absolute Gasteiger partial charge is 0.146 e. The molecule has 0 spiro atoms. The van der Waals surface area contributed by atoms with E-state index in [1.54, 1.807) is 11.1 Å². The lowest BCUT2D eigenvalue weighted by atomic mass is 9.67. The van der Waals surface area contributed by atoms with Crippen LogP contribution in [0.3, 0.4) is 0 Å². The van der Waals surface area contributed by atoms with Crippen LogP contribution in [-0.4, -0.2) is 9.55 Å². The molecular weight excluding hydrogens is 472 g/mol. The molecule has 2 aromatic carbocycles. The summed E-state index contributed by atoms with van der Waals surface area (Å²) < 4.78 is 2.56. The van der Waals surface area contributed by atoms with Gasteiger partial charge in [0.15, 0.2) is 0 Å². The van der Waals surface area contributed by atoms with Gasteiger partial charge in [0.25, 0.3) is 0 Å². The molecule has 0 saturated heterocycles. The Morgan fingerprint density at radius 3 is 2.15 bits per heavy atom. The molecular formula is C37H50N2. The molecule has 39 heavy (non-hydrogen) atoms. The monoisotopic (exact) mass is 522 g/mol. The minimum absolute atomic E-state index is 0.454. The molecule has 1 fully saturated rings. The van der Waals surface area contributed by atoms with Crippen LogP contribution in [0.5, 0.6) is 0 Å². The lowest BCUT2D eigenvalue weighted by Gasteiger charge is -2.38. The predicted molar refractivity (Wildman–Crippen MR) is 170 cm³/mol. The first-order valence-electron chi connectivity index (χ1n) is 15.7. The summed E-state index contributed by atoms with van der Waals surface area (Å²) in [4.78, 5) is 5.55. The lowest BCUT2D eigenvalue weighted by Crippen LogP contribution is -2.21. The number of benzene rings is 2. The van der Waals surface area contributed by atoms with Crippen molar-refractivity contribution in [2.24, 2.45) is 11.8 Å². The first kappa shape index (κ1) is 27.9. The van der Waals surface area contributed by atoms with Gasteiger partial charge in [-0.15, -0.1) is 0 Å². The Kier molecular flexibility index (Phi) is 7.96. The second kappa shape index (κ2) is 11.1. The minimum atomic E-state index is 0.454. The SMILES string of the molecule is C/C=C(C)\C(=C(\C)C(C)C)n1c(-c2cc(CC(C)C)ccc2C(C)CC)nc2cc3c(cc21)C1CCC3CC1. The fourth-order valence-corrected chi connectivity index (χ4v) is 7.10. The highest BCUT2D eigenvalue weighted by Crippen LogP contribution is 2.51. The second-order valence-corrected chi connectivity index (χ2v) is 13.3. The van der Waals surface area contributed by atoms with Crippen molar-refractivity contribution in [3.63, 3.8) is 0 Å². The van der Waals surface area contributed by atoms with Gasteiger partial charge in [-0.25, -0.2) is 4.98 Å². The molecule has 1 aromatic heterocycles. The summed E-state index contributed by atoms with van der Waals surface area (Å²) in [6.07, 6.45) is 9.89. The minimum Gasteiger partial charge on any atom is -0.292 e. The standard InChI is InChI=1S/C37H50N2/c1-10-24(7)30-17-12-27(18-22(3)4)19-33(30)37-38-34-20-31-28-13-15-29(16-14-28)32(31)21-35(34)39(37)36(25(8)11-2)26(9)23(5)6/h11-12,17,19-24,28-29H,10,13-16,18H2,1-9H3/b25-11-,36-26+. The number of imidazole rings is 1. The maximum Gasteiger partial charge on any atom is 0.146 e. The van der Waals surface area contributed by atoms with Crippen molar-refractivity contribution >= 4 is 16.7 Å². The Labute approximate surface area is 237 Å². The van der Waals surface area contributed by atoms with E-state index in [-0.39, 0.29) is 0 Å². The van der Waals surface area contributed by atoms with Crippen molar-refractivity contribution in [2.45, 2.75) is 119 Å². The fourth-order valence-electron chi connectivity index (χ4n) is 7.10. The van der Waals surface area contributed by atoms with Crippen LogP contribution in [0.4, 0.5) is 0 Å². The molecule has 3 aromatic rings. The molecule has 3 aliphatic carbocycles. The number of hydrogen-bond donors (Lipinski definition) is 0. The van der Waals surface area contributed by atoms with Crippen LogP contribution in [0.1, 0.15) is 134 Å². The molecule has 3 aliphatic rings. The van der Waals surface area contributed by atoms with Crippen LogP contribution in [-0.2, 0) is 6.42 Å². The van der Waals surface area contributed by atoms with Gasteiger partial charge in [-0.1, -0.05) is 59.8 Å². The van der Waals surface area contributed by atoms with Crippen LogP contribution < -0.4 is 0 Å². The summed E-state index contributed by atoms with van der Waals surface area (Å²) in [5, 5.41) is 0. The number of rotatable bonds is 8. The van der Waals surface area contributed by atoms with Gasteiger partial charge >= 0.3 is 0 Å². The molecule has 2 bridgehead atoms. The highest BCUT2D eigenvalue weighted by atomic mass is 15.1. The summed E-state index contributed by atoms with van der Waals surface area (Å²) in [7, 11) is 0. The molecule has 6 rings (SSSR count). The Morgan fingerprint density at radius 2 is 1.59 bits per heavy atom. The highest BCUT2D eigenvalue weighted by molar-refractivity contribution is 5.90. The third kappa shape index (κ3) is 5.05. The van der Waals surface area contributed by atoms with Gasteiger partial charge in [0, 0.05) is 11.3 Å². The Hall–Kier alpha value is -2.61. The fraction of sp³-hybridized carbons (Fsp3) is 0.541. The third-order valence-electron chi connectivity index (χ3n) is 9.88. The molecule has 2 nitrogen and oxygen atoms in total. The zero-order chi connectivity index (χ0) is 28.0. The summed E-state index contributed by atoms with van der Waals surface area (Å²) in [6.45, 7) is 20.7. The van der Waals surface area contributed by atoms with Crippen molar-refractivity contribution in [2.75, 3.05) is 0 Å². The number of nitrogens with zero attached hydrogens (tertiary/aromatic N) is 2. The largest absolute Gasteiger partial charge is 0.292 e. The Balaban J connectivity index is 1.89. The topological polar surface area (TPSA) is 17.8 Å². The van der Waals surface area contributed by atoms with Gasteiger partial charge < -0.3 is 0 Å². The van der Waals surface area contributed by atoms with Gasteiger partial charge in [-0.05, 0) is 140 Å². The molecule has 0 aliphatic heterocycles. The van der Waals surface area contributed by atoms with E-state index in [1.165, 1.54) is 70.3 Å². The molecule has 1 atom stereocenters. The number of hydrogen-bond acceptors (Lipinski definition) is 1. The number of aromatic nitrogens is 2. The average molecular weight is 523 g/mol. The van der Waals surface area contributed by atoms with Gasteiger partial charge in [-0.3, -0.25) is 4.57 Å². The highest BCUT2D eigenvalue weighted by Gasteiger charge is 2.34. The second-order valence-electron chi connectivity index (χ2n) is 13.3. The summed E-state index contributed by atoms with van der Waals surface area (Å²) in [5.41, 5.74) is 13.9. The quantitative estimate of drug-likeness (QED) is 0.269. The molecule has 1 heterocycles. The van der Waals surface area contributed by atoms with E-state index in [9.17, 15) is 0 Å². The molecule has 2 heteroatoms. The zero-order valence-corrected chi connectivity index (χ0v) is 26.0. The predicted octanol–water partition coefficient (Wildman–Crippen LogP) is 11.0. The first-order valence-corrected chi connectivity index (χ1v) is 15.7. The molecule has 0 radical (unpaired) electrons. The molecule has 0 N–H and O–H groups in total. The van der Waals surface area contributed by atoms with Crippen LogP contribution in [0, 0.1) is 11.8 Å². The van der Waals surface area contributed by atoms with Crippen molar-refractivity contribution in [1.29, 1.82) is 0 Å². The van der Waals surface area contributed by atoms with Gasteiger partial charge in [0.05, 0.1) is 11.0 Å². The Bertz CT molecular complexity index is 1420. The molecule has 0 amide bonds. The van der Waals surface area contributed by atoms with Crippen LogP contribution in [0.15, 0.2) is 47.6 Å². The van der Waals surface area contributed by atoms with E-state index in [2.05, 4.69) is 103 Å².